The zero-order chi connectivity index (χ0) is 20.8. The lowest BCUT2D eigenvalue weighted by atomic mass is 10.1. The minimum Gasteiger partial charge on any atom is -0.483 e. The van der Waals surface area contributed by atoms with Gasteiger partial charge in [0, 0.05) is 37.8 Å². The Morgan fingerprint density at radius 1 is 0.967 bits per heavy atom. The number of carbonyl (C=O) groups is 1. The number of anilines is 1. The second-order valence-corrected chi connectivity index (χ2v) is 7.25. The van der Waals surface area contributed by atoms with Gasteiger partial charge in [0.1, 0.15) is 17.9 Å². The van der Waals surface area contributed by atoms with Gasteiger partial charge in [0.05, 0.1) is 5.69 Å². The van der Waals surface area contributed by atoms with Crippen molar-refractivity contribution in [2.24, 2.45) is 0 Å². The Morgan fingerprint density at radius 3 is 2.47 bits per heavy atom. The van der Waals surface area contributed by atoms with Crippen molar-refractivity contribution in [3.63, 3.8) is 0 Å². The summed E-state index contributed by atoms with van der Waals surface area (Å²) in [5, 5.41) is 0. The number of piperazine rings is 1. The molecule has 1 saturated heterocycles. The van der Waals surface area contributed by atoms with E-state index in [0.29, 0.717) is 13.1 Å². The molecule has 1 aliphatic rings. The molecule has 2 aromatic carbocycles. The van der Waals surface area contributed by atoms with E-state index in [9.17, 15) is 4.79 Å². The molecule has 30 heavy (non-hydrogen) atoms. The Morgan fingerprint density at radius 2 is 1.70 bits per heavy atom. The van der Waals surface area contributed by atoms with Gasteiger partial charge in [0.25, 0.3) is 5.91 Å². The summed E-state index contributed by atoms with van der Waals surface area (Å²) < 4.78 is 5.79. The third-order valence-corrected chi connectivity index (χ3v) is 5.38. The molecule has 2 heterocycles. The topological polar surface area (TPSA) is 58.6 Å². The van der Waals surface area contributed by atoms with Gasteiger partial charge in [-0.1, -0.05) is 55.5 Å². The van der Waals surface area contributed by atoms with Crippen LogP contribution in [-0.2, 0) is 11.2 Å². The van der Waals surface area contributed by atoms with Gasteiger partial charge in [-0.25, -0.2) is 9.97 Å². The van der Waals surface area contributed by atoms with Gasteiger partial charge in [-0.05, 0) is 18.1 Å². The summed E-state index contributed by atoms with van der Waals surface area (Å²) in [5.41, 5.74) is 3.09. The predicted octanol–water partition coefficient (Wildman–Crippen LogP) is 3.43. The van der Waals surface area contributed by atoms with Crippen molar-refractivity contribution in [2.75, 3.05) is 37.7 Å². The van der Waals surface area contributed by atoms with E-state index in [-0.39, 0.29) is 12.5 Å². The van der Waals surface area contributed by atoms with E-state index in [2.05, 4.69) is 21.8 Å². The lowest BCUT2D eigenvalue weighted by Crippen LogP contribution is -2.50. The third-order valence-electron chi connectivity index (χ3n) is 5.38. The number of para-hydroxylation sites is 1. The van der Waals surface area contributed by atoms with E-state index in [1.165, 1.54) is 0 Å². The molecule has 1 aliphatic heterocycles. The van der Waals surface area contributed by atoms with Crippen LogP contribution in [0.1, 0.15) is 12.5 Å². The first-order valence-corrected chi connectivity index (χ1v) is 10.4. The van der Waals surface area contributed by atoms with Crippen molar-refractivity contribution in [3.05, 3.63) is 72.6 Å². The summed E-state index contributed by atoms with van der Waals surface area (Å²) in [6.07, 6.45) is 2.49. The monoisotopic (exact) mass is 402 g/mol. The molecule has 0 saturated carbocycles. The van der Waals surface area contributed by atoms with Crippen LogP contribution in [0.25, 0.3) is 11.3 Å². The van der Waals surface area contributed by atoms with Crippen LogP contribution < -0.4 is 9.64 Å². The van der Waals surface area contributed by atoms with Crippen LogP contribution >= 0.6 is 0 Å². The quantitative estimate of drug-likeness (QED) is 0.632. The van der Waals surface area contributed by atoms with Crippen LogP contribution in [0, 0.1) is 0 Å². The van der Waals surface area contributed by atoms with E-state index in [0.717, 1.165) is 47.9 Å². The highest BCUT2D eigenvalue weighted by Gasteiger charge is 2.22. The van der Waals surface area contributed by atoms with Crippen LogP contribution in [0.4, 0.5) is 5.82 Å². The molecule has 0 bridgehead atoms. The van der Waals surface area contributed by atoms with Crippen molar-refractivity contribution in [2.45, 2.75) is 13.3 Å². The van der Waals surface area contributed by atoms with Gasteiger partial charge in [-0.15, -0.1) is 0 Å². The Kier molecular flexibility index (Phi) is 6.23. The fraction of sp³-hybridized carbons (Fsp3) is 0.292. The molecule has 0 spiro atoms. The number of carbonyl (C=O) groups excluding carboxylic acids is 1. The molecule has 0 aliphatic carbocycles. The molecule has 6 nitrogen and oxygen atoms in total. The van der Waals surface area contributed by atoms with E-state index in [1.807, 2.05) is 65.6 Å². The summed E-state index contributed by atoms with van der Waals surface area (Å²) in [5.74, 6) is 1.71. The molecule has 6 heteroatoms. The lowest BCUT2D eigenvalue weighted by molar-refractivity contribution is -0.133. The van der Waals surface area contributed by atoms with Gasteiger partial charge < -0.3 is 14.5 Å². The SMILES string of the molecule is CCc1ccccc1OCC(=O)N1CCN(c2cc(-c3ccccc3)ncn2)CC1. The molecule has 3 aromatic rings. The molecule has 1 aromatic heterocycles. The number of amides is 1. The molecular weight excluding hydrogens is 376 g/mol. The number of benzene rings is 2. The number of aromatic nitrogens is 2. The summed E-state index contributed by atoms with van der Waals surface area (Å²) in [6, 6.07) is 20.0. The van der Waals surface area contributed by atoms with Crippen LogP contribution in [0.15, 0.2) is 67.0 Å². The fourth-order valence-corrected chi connectivity index (χ4v) is 3.64. The maximum absolute atomic E-state index is 12.6. The van der Waals surface area contributed by atoms with E-state index in [1.54, 1.807) is 6.33 Å². The van der Waals surface area contributed by atoms with Crippen molar-refractivity contribution in [1.29, 1.82) is 0 Å². The van der Waals surface area contributed by atoms with Crippen LogP contribution in [0.2, 0.25) is 0 Å². The van der Waals surface area contributed by atoms with E-state index >= 15 is 0 Å². The summed E-state index contributed by atoms with van der Waals surface area (Å²) in [7, 11) is 0. The summed E-state index contributed by atoms with van der Waals surface area (Å²) in [6.45, 7) is 4.94. The molecule has 4 rings (SSSR count). The van der Waals surface area contributed by atoms with E-state index in [4.69, 9.17) is 4.74 Å². The normalized spacial score (nSPS) is 13.9. The highest BCUT2D eigenvalue weighted by atomic mass is 16.5. The number of hydrogen-bond donors (Lipinski definition) is 0. The Balaban J connectivity index is 1.33. The molecule has 1 amide bonds. The van der Waals surface area contributed by atoms with Crippen LogP contribution in [0.3, 0.4) is 0 Å². The molecule has 0 N–H and O–H groups in total. The van der Waals surface area contributed by atoms with Crippen LogP contribution in [0.5, 0.6) is 5.75 Å². The zero-order valence-corrected chi connectivity index (χ0v) is 17.2. The molecule has 0 atom stereocenters. The maximum Gasteiger partial charge on any atom is 0.260 e. The standard InChI is InChI=1S/C24H26N4O2/c1-2-19-8-6-7-11-22(19)30-17-24(29)28-14-12-27(13-15-28)23-16-21(25-18-26-23)20-9-4-3-5-10-20/h3-11,16,18H,2,12-15,17H2,1H3. The molecule has 0 radical (unpaired) electrons. The Bertz CT molecular complexity index is 985. The van der Waals surface area contributed by atoms with Crippen LogP contribution in [-0.4, -0.2) is 53.6 Å². The summed E-state index contributed by atoms with van der Waals surface area (Å²) in [4.78, 5) is 25.5. The number of rotatable bonds is 6. The first kappa shape index (κ1) is 19.9. The first-order valence-electron chi connectivity index (χ1n) is 10.4. The second kappa shape index (κ2) is 9.39. The molecule has 154 valence electrons. The van der Waals surface area contributed by atoms with Crippen molar-refractivity contribution in [1.82, 2.24) is 14.9 Å². The minimum absolute atomic E-state index is 0.0215. The molecular formula is C24H26N4O2. The highest BCUT2D eigenvalue weighted by molar-refractivity contribution is 5.78. The number of nitrogens with zero attached hydrogens (tertiary/aromatic N) is 4. The highest BCUT2D eigenvalue weighted by Crippen LogP contribution is 2.22. The Labute approximate surface area is 177 Å². The Hall–Kier alpha value is -3.41. The minimum atomic E-state index is 0.0215. The number of hydrogen-bond acceptors (Lipinski definition) is 5. The van der Waals surface area contributed by atoms with E-state index < -0.39 is 0 Å². The number of ether oxygens (including phenoxy) is 1. The lowest BCUT2D eigenvalue weighted by Gasteiger charge is -2.35. The summed E-state index contributed by atoms with van der Waals surface area (Å²) >= 11 is 0. The van der Waals surface area contributed by atoms with Crippen molar-refractivity contribution < 1.29 is 9.53 Å². The second-order valence-electron chi connectivity index (χ2n) is 7.25. The van der Waals surface area contributed by atoms with Gasteiger partial charge in [0.15, 0.2) is 6.61 Å². The maximum atomic E-state index is 12.6. The average molecular weight is 402 g/mol. The van der Waals surface area contributed by atoms with Gasteiger partial charge >= 0.3 is 0 Å². The first-order chi connectivity index (χ1) is 14.7. The van der Waals surface area contributed by atoms with Gasteiger partial charge in [-0.3, -0.25) is 4.79 Å². The van der Waals surface area contributed by atoms with Gasteiger partial charge in [-0.2, -0.15) is 0 Å². The predicted molar refractivity (Wildman–Crippen MR) is 118 cm³/mol. The third kappa shape index (κ3) is 4.59. The van der Waals surface area contributed by atoms with Gasteiger partial charge in [0.2, 0.25) is 0 Å². The molecule has 0 unspecified atom stereocenters. The molecule has 1 fully saturated rings. The van der Waals surface area contributed by atoms with Crippen molar-refractivity contribution >= 4 is 11.7 Å². The smallest absolute Gasteiger partial charge is 0.260 e. The zero-order valence-electron chi connectivity index (χ0n) is 17.2. The largest absolute Gasteiger partial charge is 0.483 e. The van der Waals surface area contributed by atoms with Crippen molar-refractivity contribution in [3.8, 4) is 17.0 Å². The number of aryl methyl sites for hydroxylation is 1. The fourth-order valence-electron chi connectivity index (χ4n) is 3.64. The average Bonchev–Trinajstić information content (AvgIpc) is 2.83.